The zero-order chi connectivity index (χ0) is 19.0. The van der Waals surface area contributed by atoms with Crippen LogP contribution in [0.15, 0.2) is 64.5 Å². The SMILES string of the molecule is O=c1c2cc(F)ccc2ncn1C1CCN(S(=O)(=O)c2ccccc2)CC1. The lowest BCUT2D eigenvalue weighted by atomic mass is 10.1. The third-order valence-electron chi connectivity index (χ3n) is 4.94. The predicted octanol–water partition coefficient (Wildman–Crippen LogP) is 2.56. The molecule has 140 valence electrons. The van der Waals surface area contributed by atoms with Gasteiger partial charge in [-0.3, -0.25) is 9.36 Å². The number of nitrogens with zero attached hydrogens (tertiary/aromatic N) is 3. The van der Waals surface area contributed by atoms with Crippen LogP contribution in [0.1, 0.15) is 18.9 Å². The van der Waals surface area contributed by atoms with Gasteiger partial charge in [-0.2, -0.15) is 4.31 Å². The summed E-state index contributed by atoms with van der Waals surface area (Å²) in [6.07, 6.45) is 2.46. The molecule has 1 aliphatic heterocycles. The van der Waals surface area contributed by atoms with Gasteiger partial charge in [0, 0.05) is 19.1 Å². The van der Waals surface area contributed by atoms with Crippen LogP contribution in [-0.2, 0) is 10.0 Å². The van der Waals surface area contributed by atoms with Crippen LogP contribution in [0.2, 0.25) is 0 Å². The molecule has 0 aliphatic carbocycles. The van der Waals surface area contributed by atoms with Crippen LogP contribution in [0.5, 0.6) is 0 Å². The number of hydrogen-bond acceptors (Lipinski definition) is 4. The highest BCUT2D eigenvalue weighted by Crippen LogP contribution is 2.26. The number of fused-ring (bicyclic) bond motifs is 1. The summed E-state index contributed by atoms with van der Waals surface area (Å²) >= 11 is 0. The van der Waals surface area contributed by atoms with Crippen molar-refractivity contribution in [3.8, 4) is 0 Å². The first-order chi connectivity index (χ1) is 13.0. The maximum atomic E-state index is 13.5. The molecule has 8 heteroatoms. The van der Waals surface area contributed by atoms with E-state index in [1.807, 2.05) is 0 Å². The number of sulfonamides is 1. The Kier molecular flexibility index (Phi) is 4.53. The molecule has 27 heavy (non-hydrogen) atoms. The number of benzene rings is 2. The van der Waals surface area contributed by atoms with E-state index in [0.29, 0.717) is 31.4 Å². The molecule has 1 saturated heterocycles. The van der Waals surface area contributed by atoms with Crippen molar-refractivity contribution >= 4 is 20.9 Å². The van der Waals surface area contributed by atoms with Gasteiger partial charge >= 0.3 is 0 Å². The molecule has 0 saturated carbocycles. The second-order valence-electron chi connectivity index (χ2n) is 6.57. The molecular formula is C19H18FN3O3S. The second-order valence-corrected chi connectivity index (χ2v) is 8.50. The summed E-state index contributed by atoms with van der Waals surface area (Å²) in [4.78, 5) is 17.2. The van der Waals surface area contributed by atoms with Gasteiger partial charge in [0.25, 0.3) is 5.56 Å². The first-order valence-corrected chi connectivity index (χ1v) is 10.1. The van der Waals surface area contributed by atoms with Crippen molar-refractivity contribution in [1.82, 2.24) is 13.9 Å². The average molecular weight is 387 g/mol. The standard InChI is InChI=1S/C19H18FN3O3S/c20-14-6-7-18-17(12-14)19(24)23(13-21-18)15-8-10-22(11-9-15)27(25,26)16-4-2-1-3-5-16/h1-7,12-13,15H,8-11H2. The molecule has 0 amide bonds. The smallest absolute Gasteiger partial charge is 0.261 e. The molecule has 0 atom stereocenters. The number of rotatable bonds is 3. The molecule has 0 radical (unpaired) electrons. The van der Waals surface area contributed by atoms with Crippen LogP contribution in [0.25, 0.3) is 10.9 Å². The first kappa shape index (κ1) is 17.8. The minimum Gasteiger partial charge on any atom is -0.296 e. The molecule has 2 heterocycles. The van der Waals surface area contributed by atoms with Gasteiger partial charge < -0.3 is 0 Å². The van der Waals surface area contributed by atoms with Crippen molar-refractivity contribution in [2.75, 3.05) is 13.1 Å². The lowest BCUT2D eigenvalue weighted by Crippen LogP contribution is -2.40. The average Bonchev–Trinajstić information content (AvgIpc) is 2.69. The number of aromatic nitrogens is 2. The fourth-order valence-electron chi connectivity index (χ4n) is 3.47. The van der Waals surface area contributed by atoms with Crippen LogP contribution < -0.4 is 5.56 Å². The van der Waals surface area contributed by atoms with Crippen molar-refractivity contribution in [3.63, 3.8) is 0 Å². The lowest BCUT2D eigenvalue weighted by Gasteiger charge is -2.32. The van der Waals surface area contributed by atoms with Crippen LogP contribution in [0.4, 0.5) is 4.39 Å². The quantitative estimate of drug-likeness (QED) is 0.692. The fraction of sp³-hybridized carbons (Fsp3) is 0.263. The minimum atomic E-state index is -3.54. The molecule has 6 nitrogen and oxygen atoms in total. The molecule has 0 bridgehead atoms. The number of halogens is 1. The van der Waals surface area contributed by atoms with Gasteiger partial charge in [0.05, 0.1) is 22.1 Å². The van der Waals surface area contributed by atoms with Crippen molar-refractivity contribution in [3.05, 3.63) is 71.0 Å². The zero-order valence-corrected chi connectivity index (χ0v) is 15.3. The van der Waals surface area contributed by atoms with E-state index in [9.17, 15) is 17.6 Å². The highest BCUT2D eigenvalue weighted by molar-refractivity contribution is 7.89. The van der Waals surface area contributed by atoms with E-state index < -0.39 is 15.8 Å². The third-order valence-corrected chi connectivity index (χ3v) is 6.86. The summed E-state index contributed by atoms with van der Waals surface area (Å²) in [5, 5.41) is 0.233. The van der Waals surface area contributed by atoms with Crippen molar-refractivity contribution in [1.29, 1.82) is 0 Å². The zero-order valence-electron chi connectivity index (χ0n) is 14.5. The van der Waals surface area contributed by atoms with Gasteiger partial charge in [-0.15, -0.1) is 0 Å². The minimum absolute atomic E-state index is 0.167. The molecule has 2 aromatic carbocycles. The largest absolute Gasteiger partial charge is 0.296 e. The molecule has 1 aromatic heterocycles. The van der Waals surface area contributed by atoms with E-state index in [1.165, 1.54) is 33.4 Å². The normalized spacial score (nSPS) is 16.6. The van der Waals surface area contributed by atoms with Crippen LogP contribution in [-0.4, -0.2) is 35.4 Å². The Morgan fingerprint density at radius 2 is 1.74 bits per heavy atom. The van der Waals surface area contributed by atoms with Gasteiger partial charge in [-0.05, 0) is 43.2 Å². The van der Waals surface area contributed by atoms with Gasteiger partial charge in [-0.25, -0.2) is 17.8 Å². The predicted molar refractivity (Wildman–Crippen MR) is 99.4 cm³/mol. The summed E-state index contributed by atoms with van der Waals surface area (Å²) < 4.78 is 41.8. The Hall–Kier alpha value is -2.58. The third kappa shape index (κ3) is 3.26. The molecule has 1 aliphatic rings. The van der Waals surface area contributed by atoms with Gasteiger partial charge in [0.1, 0.15) is 5.82 Å². The summed E-state index contributed by atoms with van der Waals surface area (Å²) in [6, 6.07) is 12.1. The first-order valence-electron chi connectivity index (χ1n) is 8.68. The van der Waals surface area contributed by atoms with E-state index in [4.69, 9.17) is 0 Å². The summed E-state index contributed by atoms with van der Waals surface area (Å²) in [7, 11) is -3.54. The van der Waals surface area contributed by atoms with E-state index in [1.54, 1.807) is 30.3 Å². The Bertz CT molecular complexity index is 1140. The van der Waals surface area contributed by atoms with Gasteiger partial charge in [0.2, 0.25) is 10.0 Å². The second kappa shape index (κ2) is 6.86. The summed E-state index contributed by atoms with van der Waals surface area (Å²) in [5.41, 5.74) is 0.144. The number of piperidine rings is 1. The Morgan fingerprint density at radius 1 is 1.04 bits per heavy atom. The topological polar surface area (TPSA) is 72.3 Å². The molecule has 4 rings (SSSR count). The molecule has 3 aromatic rings. The Balaban J connectivity index is 1.57. The van der Waals surface area contributed by atoms with E-state index >= 15 is 0 Å². The van der Waals surface area contributed by atoms with Crippen molar-refractivity contribution in [2.45, 2.75) is 23.8 Å². The summed E-state index contributed by atoms with van der Waals surface area (Å²) in [6.45, 7) is 0.630. The lowest BCUT2D eigenvalue weighted by molar-refractivity contribution is 0.269. The van der Waals surface area contributed by atoms with Crippen molar-refractivity contribution in [2.24, 2.45) is 0 Å². The molecule has 0 spiro atoms. The summed E-state index contributed by atoms with van der Waals surface area (Å²) in [5.74, 6) is -0.483. The number of hydrogen-bond donors (Lipinski definition) is 0. The molecular weight excluding hydrogens is 369 g/mol. The highest BCUT2D eigenvalue weighted by atomic mass is 32.2. The van der Waals surface area contributed by atoms with Crippen LogP contribution >= 0.6 is 0 Å². The van der Waals surface area contributed by atoms with Crippen LogP contribution in [0.3, 0.4) is 0 Å². The highest BCUT2D eigenvalue weighted by Gasteiger charge is 2.30. The van der Waals surface area contributed by atoms with E-state index in [-0.39, 0.29) is 21.9 Å². The molecule has 1 fully saturated rings. The van der Waals surface area contributed by atoms with E-state index in [0.717, 1.165) is 0 Å². The molecule has 0 N–H and O–H groups in total. The van der Waals surface area contributed by atoms with Crippen LogP contribution in [0, 0.1) is 5.82 Å². The Labute approximate surface area is 155 Å². The maximum absolute atomic E-state index is 13.5. The maximum Gasteiger partial charge on any atom is 0.261 e. The van der Waals surface area contributed by atoms with E-state index in [2.05, 4.69) is 4.98 Å². The van der Waals surface area contributed by atoms with Crippen molar-refractivity contribution < 1.29 is 12.8 Å². The fourth-order valence-corrected chi connectivity index (χ4v) is 4.96. The monoisotopic (exact) mass is 387 g/mol. The molecule has 0 unspecified atom stereocenters. The Morgan fingerprint density at radius 3 is 2.44 bits per heavy atom. The van der Waals surface area contributed by atoms with Gasteiger partial charge in [0.15, 0.2) is 0 Å². The van der Waals surface area contributed by atoms with Gasteiger partial charge in [-0.1, -0.05) is 18.2 Å².